The van der Waals surface area contributed by atoms with Gasteiger partial charge in [0.1, 0.15) is 17.7 Å². The summed E-state index contributed by atoms with van der Waals surface area (Å²) >= 11 is 0. The zero-order chi connectivity index (χ0) is 17.7. The molecule has 2 aliphatic heterocycles. The summed E-state index contributed by atoms with van der Waals surface area (Å²) in [6.07, 6.45) is 5.60. The molecular formula is C18H23N7O. The first-order valence-electron chi connectivity index (χ1n) is 9.26. The van der Waals surface area contributed by atoms with Crippen molar-refractivity contribution in [2.24, 2.45) is 0 Å². The van der Waals surface area contributed by atoms with Gasteiger partial charge in [-0.1, -0.05) is 0 Å². The Kier molecular flexibility index (Phi) is 3.66. The Morgan fingerprint density at radius 1 is 1.12 bits per heavy atom. The second-order valence-electron chi connectivity index (χ2n) is 7.19. The molecule has 8 nitrogen and oxygen atoms in total. The first-order chi connectivity index (χ1) is 12.7. The maximum atomic E-state index is 5.54. The zero-order valence-corrected chi connectivity index (χ0v) is 15.2. The fourth-order valence-corrected chi connectivity index (χ4v) is 4.14. The molecule has 136 valence electrons. The normalized spacial score (nSPS) is 18.5. The number of fused-ring (bicyclic) bond motifs is 2. The number of aryl methyl sites for hydroxylation is 2. The molecule has 3 aromatic rings. The Bertz CT molecular complexity index is 954. The minimum Gasteiger partial charge on any atom is -0.381 e. The molecule has 0 bridgehead atoms. The van der Waals surface area contributed by atoms with Gasteiger partial charge in [-0.3, -0.25) is 4.68 Å². The van der Waals surface area contributed by atoms with E-state index in [1.807, 2.05) is 17.6 Å². The van der Waals surface area contributed by atoms with Crippen LogP contribution in [0.15, 0.2) is 12.5 Å². The first-order valence-corrected chi connectivity index (χ1v) is 9.26. The van der Waals surface area contributed by atoms with E-state index in [2.05, 4.69) is 31.7 Å². The van der Waals surface area contributed by atoms with Crippen molar-refractivity contribution < 1.29 is 4.74 Å². The van der Waals surface area contributed by atoms with Crippen LogP contribution in [0.2, 0.25) is 0 Å². The fourth-order valence-electron chi connectivity index (χ4n) is 4.14. The number of rotatable bonds is 2. The van der Waals surface area contributed by atoms with Crippen LogP contribution in [0.5, 0.6) is 0 Å². The average Bonchev–Trinajstić information content (AvgIpc) is 3.23. The van der Waals surface area contributed by atoms with E-state index in [0.29, 0.717) is 5.92 Å². The molecule has 8 heteroatoms. The standard InChI is InChI=1S/C18H23N7O/c1-12-9-20-24-6-5-23(10-15(12)24)18-17-16(14-3-7-26-8-4-14)22-13(2)25(17)21-11-19-18/h9,11,14H,3-8,10H2,1-2H3. The maximum Gasteiger partial charge on any atom is 0.158 e. The minimum absolute atomic E-state index is 0.411. The lowest BCUT2D eigenvalue weighted by atomic mass is 9.96. The van der Waals surface area contributed by atoms with Gasteiger partial charge in [0.25, 0.3) is 0 Å². The van der Waals surface area contributed by atoms with Crippen molar-refractivity contribution in [2.45, 2.75) is 45.7 Å². The van der Waals surface area contributed by atoms with Crippen LogP contribution in [0.25, 0.3) is 5.52 Å². The largest absolute Gasteiger partial charge is 0.381 e. The Morgan fingerprint density at radius 2 is 1.96 bits per heavy atom. The average molecular weight is 353 g/mol. The number of aromatic nitrogens is 6. The van der Waals surface area contributed by atoms with Gasteiger partial charge >= 0.3 is 0 Å². The van der Waals surface area contributed by atoms with Gasteiger partial charge < -0.3 is 9.64 Å². The molecule has 26 heavy (non-hydrogen) atoms. The molecule has 3 aromatic heterocycles. The van der Waals surface area contributed by atoms with E-state index in [-0.39, 0.29) is 0 Å². The second kappa shape index (κ2) is 6.05. The fraction of sp³-hybridized carbons (Fsp3) is 0.556. The summed E-state index contributed by atoms with van der Waals surface area (Å²) in [6.45, 7) is 8.31. The molecule has 0 saturated carbocycles. The predicted molar refractivity (Wildman–Crippen MR) is 96.3 cm³/mol. The van der Waals surface area contributed by atoms with Crippen LogP contribution in [-0.4, -0.2) is 49.1 Å². The summed E-state index contributed by atoms with van der Waals surface area (Å²) < 4.78 is 9.60. The molecule has 0 atom stereocenters. The molecule has 0 aliphatic carbocycles. The number of hydrogen-bond acceptors (Lipinski definition) is 6. The van der Waals surface area contributed by atoms with Crippen molar-refractivity contribution in [3.8, 4) is 0 Å². The third-order valence-corrected chi connectivity index (χ3v) is 5.59. The molecule has 0 spiro atoms. The van der Waals surface area contributed by atoms with E-state index in [1.165, 1.54) is 11.3 Å². The first kappa shape index (κ1) is 15.7. The van der Waals surface area contributed by atoms with E-state index in [1.54, 1.807) is 6.33 Å². The van der Waals surface area contributed by atoms with E-state index in [4.69, 9.17) is 9.72 Å². The van der Waals surface area contributed by atoms with E-state index < -0.39 is 0 Å². The quantitative estimate of drug-likeness (QED) is 0.700. The van der Waals surface area contributed by atoms with Crippen LogP contribution >= 0.6 is 0 Å². The number of anilines is 1. The Balaban J connectivity index is 1.61. The lowest BCUT2D eigenvalue weighted by Crippen LogP contribution is -2.35. The molecule has 0 radical (unpaired) electrons. The molecule has 1 fully saturated rings. The van der Waals surface area contributed by atoms with Gasteiger partial charge in [-0.25, -0.2) is 14.5 Å². The molecule has 0 N–H and O–H groups in total. The minimum atomic E-state index is 0.411. The molecule has 5 rings (SSSR count). The molecule has 5 heterocycles. The van der Waals surface area contributed by atoms with E-state index >= 15 is 0 Å². The van der Waals surface area contributed by atoms with Gasteiger partial charge in [0.2, 0.25) is 0 Å². The smallest absolute Gasteiger partial charge is 0.158 e. The lowest BCUT2D eigenvalue weighted by molar-refractivity contribution is 0.0848. The Morgan fingerprint density at radius 3 is 2.81 bits per heavy atom. The monoisotopic (exact) mass is 353 g/mol. The van der Waals surface area contributed by atoms with Crippen molar-refractivity contribution in [1.82, 2.24) is 29.4 Å². The highest BCUT2D eigenvalue weighted by atomic mass is 16.5. The van der Waals surface area contributed by atoms with Gasteiger partial charge in [0.05, 0.1) is 30.7 Å². The van der Waals surface area contributed by atoms with E-state index in [9.17, 15) is 0 Å². The topological polar surface area (TPSA) is 73.4 Å². The molecule has 1 saturated heterocycles. The van der Waals surface area contributed by atoms with Gasteiger partial charge in [-0.05, 0) is 32.3 Å². The highest BCUT2D eigenvalue weighted by Gasteiger charge is 2.28. The van der Waals surface area contributed by atoms with Crippen molar-refractivity contribution in [2.75, 3.05) is 24.7 Å². The number of hydrogen-bond donors (Lipinski definition) is 0. The highest BCUT2D eigenvalue weighted by Crippen LogP contribution is 2.34. The van der Waals surface area contributed by atoms with Crippen molar-refractivity contribution in [1.29, 1.82) is 0 Å². The number of nitrogens with zero attached hydrogens (tertiary/aromatic N) is 7. The summed E-state index contributed by atoms with van der Waals surface area (Å²) in [6, 6.07) is 0. The maximum absolute atomic E-state index is 5.54. The van der Waals surface area contributed by atoms with Crippen molar-refractivity contribution >= 4 is 11.3 Å². The summed E-state index contributed by atoms with van der Waals surface area (Å²) in [4.78, 5) is 11.9. The SMILES string of the molecule is Cc1cnn2c1CN(c1ncnn3c(C)nc(C4CCOCC4)c13)CC2. The van der Waals surface area contributed by atoms with Crippen molar-refractivity contribution in [3.05, 3.63) is 35.3 Å². The van der Waals surface area contributed by atoms with Crippen molar-refractivity contribution in [3.63, 3.8) is 0 Å². The van der Waals surface area contributed by atoms with Crippen LogP contribution < -0.4 is 4.90 Å². The van der Waals surface area contributed by atoms with Gasteiger partial charge in [-0.2, -0.15) is 10.2 Å². The summed E-state index contributed by atoms with van der Waals surface area (Å²) in [5.41, 5.74) is 4.67. The van der Waals surface area contributed by atoms with Gasteiger partial charge in [0.15, 0.2) is 5.82 Å². The Hall–Kier alpha value is -2.48. The van der Waals surface area contributed by atoms with Gasteiger partial charge in [-0.15, -0.1) is 0 Å². The Labute approximate surface area is 151 Å². The second-order valence-corrected chi connectivity index (χ2v) is 7.19. The molecule has 0 amide bonds. The highest BCUT2D eigenvalue weighted by molar-refractivity contribution is 5.73. The van der Waals surface area contributed by atoms with Crippen LogP contribution in [-0.2, 0) is 17.8 Å². The summed E-state index contributed by atoms with van der Waals surface area (Å²) in [7, 11) is 0. The summed E-state index contributed by atoms with van der Waals surface area (Å²) in [5, 5.41) is 8.94. The number of imidazole rings is 1. The summed E-state index contributed by atoms with van der Waals surface area (Å²) in [5.74, 6) is 2.31. The molecule has 2 aliphatic rings. The van der Waals surface area contributed by atoms with Crippen LogP contribution in [0.1, 0.15) is 41.5 Å². The third kappa shape index (κ3) is 2.39. The van der Waals surface area contributed by atoms with E-state index in [0.717, 1.165) is 68.5 Å². The van der Waals surface area contributed by atoms with Gasteiger partial charge in [0, 0.05) is 25.7 Å². The number of ether oxygens (including phenoxy) is 1. The molecular weight excluding hydrogens is 330 g/mol. The van der Waals surface area contributed by atoms with Crippen LogP contribution in [0.3, 0.4) is 0 Å². The lowest BCUT2D eigenvalue weighted by Gasteiger charge is -2.30. The molecule has 0 aromatic carbocycles. The van der Waals surface area contributed by atoms with Crippen LogP contribution in [0.4, 0.5) is 5.82 Å². The predicted octanol–water partition coefficient (Wildman–Crippen LogP) is 1.85. The molecule has 0 unspecified atom stereocenters. The third-order valence-electron chi connectivity index (χ3n) is 5.59. The zero-order valence-electron chi connectivity index (χ0n) is 15.2. The van der Waals surface area contributed by atoms with Crippen LogP contribution in [0, 0.1) is 13.8 Å².